The highest BCUT2D eigenvalue weighted by molar-refractivity contribution is 4.90. The zero-order valence-electron chi connectivity index (χ0n) is 9.42. The first-order valence-corrected chi connectivity index (χ1v) is 5.90. The lowest BCUT2D eigenvalue weighted by atomic mass is 9.73. The first-order chi connectivity index (χ1) is 6.27. The summed E-state index contributed by atoms with van der Waals surface area (Å²) in [4.78, 5) is 0. The average Bonchev–Trinajstić information content (AvgIpc) is 2.12. The molecule has 0 spiro atoms. The summed E-state index contributed by atoms with van der Waals surface area (Å²) < 4.78 is 0. The van der Waals surface area contributed by atoms with Gasteiger partial charge in [-0.2, -0.15) is 0 Å². The molecule has 3 atom stereocenters. The van der Waals surface area contributed by atoms with E-state index in [1.165, 1.54) is 32.1 Å². The molecule has 0 nitrogen and oxygen atoms in total. The Hall–Kier alpha value is -0.260. The molecule has 1 rings (SSSR count). The molecule has 1 aliphatic carbocycles. The molecule has 0 aliphatic heterocycles. The summed E-state index contributed by atoms with van der Waals surface area (Å²) in [5, 5.41) is 0. The lowest BCUT2D eigenvalue weighted by Gasteiger charge is -2.33. The summed E-state index contributed by atoms with van der Waals surface area (Å²) in [6.07, 6.45) is 11.7. The van der Waals surface area contributed by atoms with Gasteiger partial charge in [0.05, 0.1) is 0 Å². The zero-order valence-corrected chi connectivity index (χ0v) is 9.42. The second-order valence-electron chi connectivity index (χ2n) is 4.62. The van der Waals surface area contributed by atoms with Gasteiger partial charge in [0, 0.05) is 0 Å². The maximum Gasteiger partial charge on any atom is -0.0231 e. The molecule has 1 aliphatic rings. The van der Waals surface area contributed by atoms with Crippen LogP contribution in [0.1, 0.15) is 52.9 Å². The maximum absolute atomic E-state index is 2.44. The smallest absolute Gasteiger partial charge is 0.0231 e. The van der Waals surface area contributed by atoms with E-state index in [1.807, 2.05) is 0 Å². The highest BCUT2D eigenvalue weighted by Gasteiger charge is 2.25. The third-order valence-electron chi connectivity index (χ3n) is 3.53. The number of allylic oxidation sites excluding steroid dienone is 2. The summed E-state index contributed by atoms with van der Waals surface area (Å²) in [6.45, 7) is 6.89. The molecule has 3 unspecified atom stereocenters. The largest absolute Gasteiger partial charge is 0.0914 e. The minimum Gasteiger partial charge on any atom is -0.0914 e. The van der Waals surface area contributed by atoms with E-state index in [0.29, 0.717) is 0 Å². The summed E-state index contributed by atoms with van der Waals surface area (Å²) in [5.74, 6) is 2.86. The van der Waals surface area contributed by atoms with Crippen molar-refractivity contribution in [3.05, 3.63) is 12.2 Å². The lowest BCUT2D eigenvalue weighted by Crippen LogP contribution is -2.21. The molecule has 13 heavy (non-hydrogen) atoms. The summed E-state index contributed by atoms with van der Waals surface area (Å²) in [5.41, 5.74) is 0. The lowest BCUT2D eigenvalue weighted by molar-refractivity contribution is 0.206. The standard InChI is InChI=1S/C13H24/c1-4-6-12-9-8-11(3)13(10-12)7-5-2/h4,6,11-13H,5,7-10H2,1-3H3/b6-4-. The molecule has 0 heterocycles. The topological polar surface area (TPSA) is 0 Å². The van der Waals surface area contributed by atoms with Crippen molar-refractivity contribution < 1.29 is 0 Å². The summed E-state index contributed by atoms with van der Waals surface area (Å²) >= 11 is 0. The Morgan fingerprint density at radius 1 is 1.31 bits per heavy atom. The number of rotatable bonds is 3. The highest BCUT2D eigenvalue weighted by Crippen LogP contribution is 2.36. The molecule has 0 aromatic carbocycles. The van der Waals surface area contributed by atoms with Crippen LogP contribution in [-0.4, -0.2) is 0 Å². The molecule has 0 aromatic heterocycles. The van der Waals surface area contributed by atoms with E-state index < -0.39 is 0 Å². The SMILES string of the molecule is C/C=C\C1CCC(C)C(CCC)C1. The quantitative estimate of drug-likeness (QED) is 0.564. The van der Waals surface area contributed by atoms with Crippen molar-refractivity contribution in [3.8, 4) is 0 Å². The molecule has 0 radical (unpaired) electrons. The molecule has 0 saturated heterocycles. The Balaban J connectivity index is 2.42. The molecule has 0 N–H and O–H groups in total. The first kappa shape index (κ1) is 10.8. The van der Waals surface area contributed by atoms with Crippen LogP contribution in [0.4, 0.5) is 0 Å². The predicted molar refractivity (Wildman–Crippen MR) is 59.7 cm³/mol. The van der Waals surface area contributed by atoms with E-state index in [0.717, 1.165) is 17.8 Å². The van der Waals surface area contributed by atoms with Gasteiger partial charge >= 0.3 is 0 Å². The van der Waals surface area contributed by atoms with Crippen LogP contribution in [0.5, 0.6) is 0 Å². The Morgan fingerprint density at radius 2 is 2.08 bits per heavy atom. The van der Waals surface area contributed by atoms with Gasteiger partial charge < -0.3 is 0 Å². The van der Waals surface area contributed by atoms with Crippen molar-refractivity contribution in [1.82, 2.24) is 0 Å². The van der Waals surface area contributed by atoms with Crippen LogP contribution >= 0.6 is 0 Å². The Bertz CT molecular complexity index is 157. The predicted octanol–water partition coefficient (Wildman–Crippen LogP) is 4.42. The van der Waals surface area contributed by atoms with Gasteiger partial charge in [0.15, 0.2) is 0 Å². The Morgan fingerprint density at radius 3 is 2.69 bits per heavy atom. The van der Waals surface area contributed by atoms with Gasteiger partial charge in [-0.1, -0.05) is 38.8 Å². The van der Waals surface area contributed by atoms with Gasteiger partial charge in [-0.05, 0) is 43.9 Å². The molecular formula is C13H24. The third kappa shape index (κ3) is 3.17. The van der Waals surface area contributed by atoms with E-state index in [1.54, 1.807) is 0 Å². The van der Waals surface area contributed by atoms with E-state index >= 15 is 0 Å². The monoisotopic (exact) mass is 180 g/mol. The number of hydrogen-bond acceptors (Lipinski definition) is 0. The molecule has 1 saturated carbocycles. The molecule has 0 heteroatoms. The van der Waals surface area contributed by atoms with E-state index in [9.17, 15) is 0 Å². The molecular weight excluding hydrogens is 156 g/mol. The van der Waals surface area contributed by atoms with Crippen LogP contribution in [-0.2, 0) is 0 Å². The van der Waals surface area contributed by atoms with Crippen molar-refractivity contribution in [3.63, 3.8) is 0 Å². The van der Waals surface area contributed by atoms with E-state index in [-0.39, 0.29) is 0 Å². The third-order valence-corrected chi connectivity index (χ3v) is 3.53. The van der Waals surface area contributed by atoms with E-state index in [4.69, 9.17) is 0 Å². The highest BCUT2D eigenvalue weighted by atomic mass is 14.3. The van der Waals surface area contributed by atoms with Gasteiger partial charge in [-0.15, -0.1) is 0 Å². The normalized spacial score (nSPS) is 35.5. The van der Waals surface area contributed by atoms with Crippen molar-refractivity contribution in [2.45, 2.75) is 52.9 Å². The van der Waals surface area contributed by atoms with Gasteiger partial charge in [-0.25, -0.2) is 0 Å². The summed E-state index contributed by atoms with van der Waals surface area (Å²) in [7, 11) is 0. The second-order valence-corrected chi connectivity index (χ2v) is 4.62. The van der Waals surface area contributed by atoms with Crippen LogP contribution in [0, 0.1) is 17.8 Å². The van der Waals surface area contributed by atoms with Gasteiger partial charge in [0.2, 0.25) is 0 Å². The zero-order chi connectivity index (χ0) is 9.68. The second kappa shape index (κ2) is 5.47. The average molecular weight is 180 g/mol. The molecule has 0 amide bonds. The van der Waals surface area contributed by atoms with Gasteiger partial charge in [0.25, 0.3) is 0 Å². The van der Waals surface area contributed by atoms with Crippen LogP contribution in [0.3, 0.4) is 0 Å². The van der Waals surface area contributed by atoms with Crippen LogP contribution in [0.2, 0.25) is 0 Å². The molecule has 1 fully saturated rings. The first-order valence-electron chi connectivity index (χ1n) is 5.90. The van der Waals surface area contributed by atoms with Crippen molar-refractivity contribution in [2.24, 2.45) is 17.8 Å². The van der Waals surface area contributed by atoms with Crippen LogP contribution < -0.4 is 0 Å². The minimum absolute atomic E-state index is 0.887. The maximum atomic E-state index is 2.44. The van der Waals surface area contributed by atoms with Crippen molar-refractivity contribution >= 4 is 0 Å². The summed E-state index contributed by atoms with van der Waals surface area (Å²) in [6, 6.07) is 0. The van der Waals surface area contributed by atoms with Crippen molar-refractivity contribution in [2.75, 3.05) is 0 Å². The Labute approximate surface area is 83.4 Å². The molecule has 76 valence electrons. The van der Waals surface area contributed by atoms with Gasteiger partial charge in [0.1, 0.15) is 0 Å². The number of hydrogen-bond donors (Lipinski definition) is 0. The van der Waals surface area contributed by atoms with E-state index in [2.05, 4.69) is 32.9 Å². The molecule has 0 bridgehead atoms. The van der Waals surface area contributed by atoms with Gasteiger partial charge in [-0.3, -0.25) is 0 Å². The fourth-order valence-corrected chi connectivity index (χ4v) is 2.67. The fraction of sp³-hybridized carbons (Fsp3) is 0.846. The van der Waals surface area contributed by atoms with Crippen molar-refractivity contribution in [1.29, 1.82) is 0 Å². The Kier molecular flexibility index (Phi) is 4.55. The fourth-order valence-electron chi connectivity index (χ4n) is 2.67. The minimum atomic E-state index is 0.887. The molecule has 0 aromatic rings. The van der Waals surface area contributed by atoms with Crippen LogP contribution in [0.15, 0.2) is 12.2 Å². The van der Waals surface area contributed by atoms with Crippen LogP contribution in [0.25, 0.3) is 0 Å².